The van der Waals surface area contributed by atoms with Gasteiger partial charge >= 0.3 is 11.9 Å². The van der Waals surface area contributed by atoms with Gasteiger partial charge in [0.1, 0.15) is 12.2 Å². The van der Waals surface area contributed by atoms with E-state index in [4.69, 9.17) is 20.4 Å². The monoisotopic (exact) mass is 234 g/mol. The molecule has 0 aromatic carbocycles. The number of aliphatic carboxylic acids is 2. The molecule has 0 amide bonds. The van der Waals surface area contributed by atoms with Crippen molar-refractivity contribution in [2.45, 2.75) is 26.1 Å². The Morgan fingerprint density at radius 1 is 0.800 bits per heavy atom. The molecule has 0 heterocycles. The van der Waals surface area contributed by atoms with Crippen molar-refractivity contribution in [3.05, 3.63) is 0 Å². The Bertz CT molecular complexity index is 135. The predicted octanol–water partition coefficient (Wildman–Crippen LogP) is -3.57. The third-order valence-corrected chi connectivity index (χ3v) is 0.715. The van der Waals surface area contributed by atoms with E-state index < -0.39 is 24.1 Å². The number of aliphatic hydroxyl groups is 2. The molecule has 9 heteroatoms. The summed E-state index contributed by atoms with van der Waals surface area (Å²) in [6.45, 7) is 2.39. The Morgan fingerprint density at radius 2 is 0.867 bits per heavy atom. The van der Waals surface area contributed by atoms with Gasteiger partial charge in [-0.1, -0.05) is 0 Å². The van der Waals surface area contributed by atoms with Gasteiger partial charge in [-0.3, -0.25) is 0 Å². The van der Waals surface area contributed by atoms with Crippen LogP contribution in [0.4, 0.5) is 0 Å². The smallest absolute Gasteiger partial charge is 0.332 e. The van der Waals surface area contributed by atoms with Crippen LogP contribution in [0.5, 0.6) is 0 Å². The molecule has 0 fully saturated rings. The van der Waals surface area contributed by atoms with Crippen molar-refractivity contribution >= 4 is 11.9 Å². The number of rotatable bonds is 2. The fourth-order valence-electron chi connectivity index (χ4n) is 0. The van der Waals surface area contributed by atoms with Crippen LogP contribution in [0.1, 0.15) is 13.8 Å². The maximum absolute atomic E-state index is 9.45. The summed E-state index contributed by atoms with van der Waals surface area (Å²) < 4.78 is 0. The Hall–Kier alpha value is -1.26. The molecule has 0 bridgehead atoms. The number of hydrogen-bond donors (Lipinski definition) is 4. The largest absolute Gasteiger partial charge is 0.479 e. The van der Waals surface area contributed by atoms with Crippen LogP contribution in [0.2, 0.25) is 0 Å². The molecule has 96 valence electrons. The van der Waals surface area contributed by atoms with Gasteiger partial charge in [0.2, 0.25) is 0 Å². The molecule has 0 aliphatic heterocycles. The zero-order valence-corrected chi connectivity index (χ0v) is 8.26. The Labute approximate surface area is 85.5 Å². The summed E-state index contributed by atoms with van der Waals surface area (Å²) >= 11 is 0. The lowest BCUT2D eigenvalue weighted by Gasteiger charge is -1.89. The first-order chi connectivity index (χ1) is 5.29. The quantitative estimate of drug-likeness (QED) is 0.379. The van der Waals surface area contributed by atoms with Crippen molar-refractivity contribution in [3.63, 3.8) is 0 Å². The summed E-state index contributed by atoms with van der Waals surface area (Å²) in [4.78, 5) is 18.9. The maximum atomic E-state index is 9.45. The lowest BCUT2D eigenvalue weighted by atomic mass is 10.4. The number of carboxylic acid groups (broad SMARTS) is 2. The predicted molar refractivity (Wildman–Crippen MR) is 49.5 cm³/mol. The van der Waals surface area contributed by atoms with E-state index in [0.717, 1.165) is 0 Å². The first kappa shape index (κ1) is 29.2. The van der Waals surface area contributed by atoms with E-state index in [9.17, 15) is 9.59 Å². The Kier molecular flexibility index (Phi) is 29.6. The van der Waals surface area contributed by atoms with E-state index in [-0.39, 0.29) is 16.4 Å². The van der Waals surface area contributed by atoms with Crippen molar-refractivity contribution in [3.8, 4) is 0 Å². The average molecular weight is 234 g/mol. The molecule has 0 aromatic heterocycles. The van der Waals surface area contributed by atoms with Crippen LogP contribution in [0.3, 0.4) is 0 Å². The number of carboxylic acids is 2. The molecule has 9 nitrogen and oxygen atoms in total. The highest BCUT2D eigenvalue weighted by molar-refractivity contribution is 5.71. The van der Waals surface area contributed by atoms with Crippen molar-refractivity contribution in [1.29, 1.82) is 0 Å². The van der Waals surface area contributed by atoms with Crippen LogP contribution in [0.25, 0.3) is 0 Å². The highest BCUT2D eigenvalue weighted by Gasteiger charge is 2.01. The summed E-state index contributed by atoms with van der Waals surface area (Å²) in [6.07, 6.45) is -2.46. The van der Waals surface area contributed by atoms with Crippen LogP contribution in [-0.2, 0) is 9.59 Å². The van der Waals surface area contributed by atoms with Crippen molar-refractivity contribution in [1.82, 2.24) is 0 Å². The molecular formula is C6H18O9. The summed E-state index contributed by atoms with van der Waals surface area (Å²) in [5, 5.41) is 31.5. The first-order valence-corrected chi connectivity index (χ1v) is 3.10. The molecule has 0 aliphatic carbocycles. The van der Waals surface area contributed by atoms with E-state index in [1.807, 2.05) is 0 Å². The van der Waals surface area contributed by atoms with E-state index in [0.29, 0.717) is 0 Å². The standard InChI is InChI=1S/2C3H6O3.3H2O/c2*1-2(4)3(5)6;;;/h2*2,4H,1H3,(H,5,6);3*1H2. The summed E-state index contributed by atoms with van der Waals surface area (Å²) in [5.74, 6) is -2.37. The molecular weight excluding hydrogens is 216 g/mol. The van der Waals surface area contributed by atoms with E-state index >= 15 is 0 Å². The van der Waals surface area contributed by atoms with Gasteiger partial charge in [-0.05, 0) is 13.8 Å². The number of carbonyl (C=O) groups is 2. The fourth-order valence-corrected chi connectivity index (χ4v) is 0. The molecule has 0 aromatic rings. The van der Waals surface area contributed by atoms with Gasteiger partial charge in [0.25, 0.3) is 0 Å². The second kappa shape index (κ2) is 15.2. The molecule has 0 spiro atoms. The highest BCUT2D eigenvalue weighted by Crippen LogP contribution is 1.73. The van der Waals surface area contributed by atoms with Crippen molar-refractivity contribution in [2.75, 3.05) is 0 Å². The first-order valence-electron chi connectivity index (χ1n) is 3.10. The minimum absolute atomic E-state index is 0. The lowest BCUT2D eigenvalue weighted by Crippen LogP contribution is -2.13. The van der Waals surface area contributed by atoms with Gasteiger partial charge in [0.05, 0.1) is 0 Å². The minimum Gasteiger partial charge on any atom is -0.479 e. The van der Waals surface area contributed by atoms with Crippen LogP contribution in [0.15, 0.2) is 0 Å². The van der Waals surface area contributed by atoms with Crippen LogP contribution < -0.4 is 0 Å². The van der Waals surface area contributed by atoms with E-state index in [1.165, 1.54) is 13.8 Å². The molecule has 0 rings (SSSR count). The van der Waals surface area contributed by atoms with Crippen molar-refractivity contribution in [2.24, 2.45) is 0 Å². The number of aliphatic hydroxyl groups excluding tert-OH is 2. The summed E-state index contributed by atoms with van der Waals surface area (Å²) in [6, 6.07) is 0. The third kappa shape index (κ3) is 32.3. The Balaban J connectivity index is -0.0000000370. The molecule has 2 unspecified atom stereocenters. The van der Waals surface area contributed by atoms with Crippen molar-refractivity contribution < 1.29 is 46.4 Å². The fraction of sp³-hybridized carbons (Fsp3) is 0.667. The molecule has 0 aliphatic rings. The van der Waals surface area contributed by atoms with E-state index in [2.05, 4.69) is 0 Å². The average Bonchev–Trinajstić information content (AvgIpc) is 1.88. The van der Waals surface area contributed by atoms with Crippen LogP contribution in [0, 0.1) is 0 Å². The van der Waals surface area contributed by atoms with Gasteiger partial charge in [-0.2, -0.15) is 0 Å². The SMILES string of the molecule is CC(O)C(=O)O.CC(O)C(=O)O.O.O.O. The minimum atomic E-state index is -1.23. The van der Waals surface area contributed by atoms with Gasteiger partial charge < -0.3 is 36.9 Å². The highest BCUT2D eigenvalue weighted by atomic mass is 16.4. The molecule has 0 saturated heterocycles. The van der Waals surface area contributed by atoms with Gasteiger partial charge in [0.15, 0.2) is 0 Å². The topological polar surface area (TPSA) is 210 Å². The Morgan fingerprint density at radius 3 is 0.867 bits per heavy atom. The van der Waals surface area contributed by atoms with Crippen LogP contribution >= 0.6 is 0 Å². The maximum Gasteiger partial charge on any atom is 0.332 e. The molecule has 15 heavy (non-hydrogen) atoms. The van der Waals surface area contributed by atoms with Gasteiger partial charge in [-0.25, -0.2) is 9.59 Å². The second-order valence-corrected chi connectivity index (χ2v) is 2.03. The molecule has 2 atom stereocenters. The molecule has 0 radical (unpaired) electrons. The number of hydrogen-bond acceptors (Lipinski definition) is 4. The van der Waals surface area contributed by atoms with Gasteiger partial charge in [0, 0.05) is 0 Å². The summed E-state index contributed by atoms with van der Waals surface area (Å²) in [5.41, 5.74) is 0. The van der Waals surface area contributed by atoms with E-state index in [1.54, 1.807) is 0 Å². The second-order valence-electron chi connectivity index (χ2n) is 2.03. The molecule has 0 saturated carbocycles. The van der Waals surface area contributed by atoms with Gasteiger partial charge in [-0.15, -0.1) is 0 Å². The zero-order chi connectivity index (χ0) is 10.3. The zero-order valence-electron chi connectivity index (χ0n) is 8.26. The normalized spacial score (nSPS) is 10.9. The third-order valence-electron chi connectivity index (χ3n) is 0.715. The molecule has 10 N–H and O–H groups in total. The van der Waals surface area contributed by atoms with Crippen LogP contribution in [-0.4, -0.2) is 61.0 Å². The lowest BCUT2D eigenvalue weighted by molar-refractivity contribution is -0.146. The summed E-state index contributed by atoms with van der Waals surface area (Å²) in [7, 11) is 0.